The van der Waals surface area contributed by atoms with Crippen LogP contribution in [0.5, 0.6) is 0 Å². The highest BCUT2D eigenvalue weighted by molar-refractivity contribution is 5.80. The van der Waals surface area contributed by atoms with Gasteiger partial charge in [0, 0.05) is 18.5 Å². The first kappa shape index (κ1) is 11.3. The minimum absolute atomic E-state index is 0.277. The Morgan fingerprint density at radius 2 is 2.14 bits per heavy atom. The predicted octanol–water partition coefficient (Wildman–Crippen LogP) is 1.29. The third kappa shape index (κ3) is 4.46. The minimum Gasteiger partial charge on any atom is -0.409 e. The molecule has 82 valence electrons. The van der Waals surface area contributed by atoms with Crippen molar-refractivity contribution in [2.75, 3.05) is 0 Å². The maximum absolute atomic E-state index is 8.41. The Morgan fingerprint density at radius 1 is 1.50 bits per heavy atom. The number of hydrogen-bond donors (Lipinski definition) is 3. The first-order valence-electron chi connectivity index (χ1n) is 5.34. The van der Waals surface area contributed by atoms with Gasteiger partial charge in [-0.05, 0) is 26.2 Å². The lowest BCUT2D eigenvalue weighted by Crippen LogP contribution is -2.37. The molecule has 0 radical (unpaired) electrons. The summed E-state index contributed by atoms with van der Waals surface area (Å²) < 4.78 is 0. The molecule has 0 amide bonds. The van der Waals surface area contributed by atoms with Crippen LogP contribution in [0.2, 0.25) is 0 Å². The Labute approximate surface area is 85.6 Å². The average molecular weight is 199 g/mol. The Hall–Kier alpha value is -0.770. The molecular weight excluding hydrogens is 178 g/mol. The smallest absolute Gasteiger partial charge is 0.140 e. The van der Waals surface area contributed by atoms with Crippen LogP contribution in [0.4, 0.5) is 0 Å². The SMILES string of the molecule is CC(CC(N)=NO)NC(C)CC1CC1. The Balaban J connectivity index is 2.14. The molecule has 0 aromatic carbocycles. The number of rotatable bonds is 6. The van der Waals surface area contributed by atoms with Crippen LogP contribution in [0.15, 0.2) is 5.16 Å². The van der Waals surface area contributed by atoms with E-state index in [-0.39, 0.29) is 6.04 Å². The van der Waals surface area contributed by atoms with Crippen molar-refractivity contribution in [1.29, 1.82) is 0 Å². The van der Waals surface area contributed by atoms with Gasteiger partial charge in [-0.25, -0.2) is 0 Å². The van der Waals surface area contributed by atoms with E-state index in [1.165, 1.54) is 19.3 Å². The molecule has 1 aliphatic rings. The molecule has 0 aromatic heterocycles. The summed E-state index contributed by atoms with van der Waals surface area (Å²) in [6, 6.07) is 0.809. The van der Waals surface area contributed by atoms with E-state index in [1.54, 1.807) is 0 Å². The van der Waals surface area contributed by atoms with Crippen molar-refractivity contribution in [1.82, 2.24) is 5.32 Å². The highest BCUT2D eigenvalue weighted by Gasteiger charge is 2.23. The Bertz CT molecular complexity index is 202. The summed E-state index contributed by atoms with van der Waals surface area (Å²) in [6.45, 7) is 4.25. The number of hydrogen-bond acceptors (Lipinski definition) is 3. The average Bonchev–Trinajstić information content (AvgIpc) is 2.87. The zero-order chi connectivity index (χ0) is 10.6. The van der Waals surface area contributed by atoms with Gasteiger partial charge in [0.1, 0.15) is 5.84 Å². The van der Waals surface area contributed by atoms with Gasteiger partial charge in [0.25, 0.3) is 0 Å². The van der Waals surface area contributed by atoms with E-state index in [0.717, 1.165) is 5.92 Å². The summed E-state index contributed by atoms with van der Waals surface area (Å²) in [7, 11) is 0. The van der Waals surface area contributed by atoms with E-state index >= 15 is 0 Å². The summed E-state index contributed by atoms with van der Waals surface area (Å²) in [6.07, 6.45) is 4.63. The molecule has 0 spiro atoms. The van der Waals surface area contributed by atoms with Crippen LogP contribution in [0.25, 0.3) is 0 Å². The van der Waals surface area contributed by atoms with Crippen LogP contribution in [0.1, 0.15) is 39.5 Å². The van der Waals surface area contributed by atoms with E-state index in [4.69, 9.17) is 10.9 Å². The van der Waals surface area contributed by atoms with Crippen molar-refractivity contribution in [2.24, 2.45) is 16.8 Å². The number of nitrogens with one attached hydrogen (secondary N) is 1. The Morgan fingerprint density at radius 3 is 2.64 bits per heavy atom. The standard InChI is InChI=1S/C10H21N3O/c1-7(5-9-3-4-9)12-8(2)6-10(11)13-14/h7-9,12,14H,3-6H2,1-2H3,(H2,11,13). The van der Waals surface area contributed by atoms with E-state index in [2.05, 4.69) is 24.3 Å². The zero-order valence-electron chi connectivity index (χ0n) is 9.03. The van der Waals surface area contributed by atoms with Gasteiger partial charge in [0.05, 0.1) is 0 Å². The van der Waals surface area contributed by atoms with Gasteiger partial charge in [0.2, 0.25) is 0 Å². The van der Waals surface area contributed by atoms with E-state index in [9.17, 15) is 0 Å². The summed E-state index contributed by atoms with van der Waals surface area (Å²) >= 11 is 0. The number of amidine groups is 1. The lowest BCUT2D eigenvalue weighted by atomic mass is 10.1. The molecule has 1 fully saturated rings. The normalized spacial score (nSPS) is 22.0. The van der Waals surface area contributed by atoms with Gasteiger partial charge in [-0.15, -0.1) is 0 Å². The van der Waals surface area contributed by atoms with Gasteiger partial charge in [0.15, 0.2) is 0 Å². The second-order valence-corrected chi connectivity index (χ2v) is 4.44. The van der Waals surface area contributed by atoms with E-state index < -0.39 is 0 Å². The van der Waals surface area contributed by atoms with Crippen LogP contribution >= 0.6 is 0 Å². The molecule has 1 aliphatic carbocycles. The fourth-order valence-corrected chi connectivity index (χ4v) is 1.82. The first-order valence-corrected chi connectivity index (χ1v) is 5.34. The fourth-order valence-electron chi connectivity index (χ4n) is 1.82. The molecule has 2 unspecified atom stereocenters. The fraction of sp³-hybridized carbons (Fsp3) is 0.900. The molecule has 0 aromatic rings. The zero-order valence-corrected chi connectivity index (χ0v) is 9.03. The largest absolute Gasteiger partial charge is 0.409 e. The number of nitrogens with zero attached hydrogens (tertiary/aromatic N) is 1. The molecule has 4 nitrogen and oxygen atoms in total. The van der Waals surface area contributed by atoms with E-state index in [0.29, 0.717) is 18.3 Å². The molecule has 1 saturated carbocycles. The number of oxime groups is 1. The molecule has 0 aliphatic heterocycles. The van der Waals surface area contributed by atoms with Crippen LogP contribution in [-0.2, 0) is 0 Å². The monoisotopic (exact) mass is 199 g/mol. The molecule has 4 N–H and O–H groups in total. The molecule has 0 heterocycles. The first-order chi connectivity index (χ1) is 6.61. The van der Waals surface area contributed by atoms with Crippen LogP contribution in [0.3, 0.4) is 0 Å². The van der Waals surface area contributed by atoms with Gasteiger partial charge in [-0.3, -0.25) is 0 Å². The lowest BCUT2D eigenvalue weighted by Gasteiger charge is -2.19. The van der Waals surface area contributed by atoms with Gasteiger partial charge >= 0.3 is 0 Å². The van der Waals surface area contributed by atoms with Crippen molar-refractivity contribution in [3.63, 3.8) is 0 Å². The molecule has 0 saturated heterocycles. The minimum atomic E-state index is 0.277. The summed E-state index contributed by atoms with van der Waals surface area (Å²) in [5.74, 6) is 1.23. The predicted molar refractivity (Wildman–Crippen MR) is 57.4 cm³/mol. The van der Waals surface area contributed by atoms with Crippen LogP contribution in [-0.4, -0.2) is 23.1 Å². The maximum atomic E-state index is 8.41. The quantitative estimate of drug-likeness (QED) is 0.261. The lowest BCUT2D eigenvalue weighted by molar-refractivity contribution is 0.315. The Kier molecular flexibility index (Phi) is 4.20. The van der Waals surface area contributed by atoms with Crippen LogP contribution < -0.4 is 11.1 Å². The van der Waals surface area contributed by atoms with Crippen molar-refractivity contribution < 1.29 is 5.21 Å². The van der Waals surface area contributed by atoms with Crippen LogP contribution in [0, 0.1) is 5.92 Å². The molecule has 4 heteroatoms. The topological polar surface area (TPSA) is 70.6 Å². The number of nitrogens with two attached hydrogens (primary N) is 1. The second-order valence-electron chi connectivity index (χ2n) is 4.44. The maximum Gasteiger partial charge on any atom is 0.140 e. The molecule has 2 atom stereocenters. The van der Waals surface area contributed by atoms with Crippen molar-refractivity contribution >= 4 is 5.84 Å². The van der Waals surface area contributed by atoms with Crippen molar-refractivity contribution in [3.8, 4) is 0 Å². The molecular formula is C10H21N3O. The highest BCUT2D eigenvalue weighted by atomic mass is 16.4. The molecule has 1 rings (SSSR count). The highest BCUT2D eigenvalue weighted by Crippen LogP contribution is 2.33. The van der Waals surface area contributed by atoms with E-state index in [1.807, 2.05) is 0 Å². The van der Waals surface area contributed by atoms with Gasteiger partial charge in [-0.1, -0.05) is 18.0 Å². The summed E-state index contributed by atoms with van der Waals surface area (Å²) in [5, 5.41) is 14.8. The van der Waals surface area contributed by atoms with Gasteiger partial charge < -0.3 is 16.3 Å². The third-order valence-corrected chi connectivity index (χ3v) is 2.60. The molecule has 14 heavy (non-hydrogen) atoms. The third-order valence-electron chi connectivity index (χ3n) is 2.60. The van der Waals surface area contributed by atoms with Crippen molar-refractivity contribution in [2.45, 2.75) is 51.6 Å². The second kappa shape index (κ2) is 5.20. The van der Waals surface area contributed by atoms with Crippen molar-refractivity contribution in [3.05, 3.63) is 0 Å². The summed E-state index contributed by atoms with van der Waals surface area (Å²) in [4.78, 5) is 0. The van der Waals surface area contributed by atoms with Gasteiger partial charge in [-0.2, -0.15) is 0 Å². The molecule has 0 bridgehead atoms. The summed E-state index contributed by atoms with van der Waals surface area (Å²) in [5.41, 5.74) is 5.42.